The van der Waals surface area contributed by atoms with Crippen LogP contribution in [0.2, 0.25) is 0 Å². The van der Waals surface area contributed by atoms with E-state index in [-0.39, 0.29) is 0 Å². The fourth-order valence-corrected chi connectivity index (χ4v) is 3.66. The zero-order chi connectivity index (χ0) is 16.0. The lowest BCUT2D eigenvalue weighted by molar-refractivity contribution is 0.173. The average Bonchev–Trinajstić information content (AvgIpc) is 2.59. The first kappa shape index (κ1) is 14.1. The molecule has 3 aromatic carbocycles. The maximum absolute atomic E-state index is 10.8. The molecule has 0 amide bonds. The summed E-state index contributed by atoms with van der Waals surface area (Å²) in [5.74, 6) is 1.53. The summed E-state index contributed by atoms with van der Waals surface area (Å²) >= 11 is 0. The van der Waals surface area contributed by atoms with Gasteiger partial charge in [-0.05, 0) is 11.1 Å². The number of benzene rings is 3. The van der Waals surface area contributed by atoms with Gasteiger partial charge in [0.25, 0.3) is 0 Å². The van der Waals surface area contributed by atoms with Crippen molar-refractivity contribution in [1.29, 1.82) is 0 Å². The monoisotopic (exact) mass is 306 g/mol. The number of ether oxygens (including phenoxy) is 2. The van der Waals surface area contributed by atoms with Gasteiger partial charge in [0, 0.05) is 28.3 Å². The van der Waals surface area contributed by atoms with E-state index >= 15 is 0 Å². The quantitative estimate of drug-likeness (QED) is 0.774. The summed E-state index contributed by atoms with van der Waals surface area (Å²) in [6, 6.07) is 16.1. The van der Waals surface area contributed by atoms with E-state index in [4.69, 9.17) is 9.47 Å². The molecule has 0 radical (unpaired) electrons. The molecule has 23 heavy (non-hydrogen) atoms. The van der Waals surface area contributed by atoms with Gasteiger partial charge >= 0.3 is 0 Å². The number of rotatable bonds is 2. The van der Waals surface area contributed by atoms with Crippen molar-refractivity contribution in [1.82, 2.24) is 0 Å². The summed E-state index contributed by atoms with van der Waals surface area (Å²) < 4.78 is 11.5. The molecule has 0 bridgehead atoms. The second-order valence-corrected chi connectivity index (χ2v) is 5.78. The molecule has 3 aromatic rings. The van der Waals surface area contributed by atoms with Crippen LogP contribution >= 0.6 is 0 Å². The van der Waals surface area contributed by atoms with E-state index in [9.17, 15) is 5.11 Å². The van der Waals surface area contributed by atoms with Crippen LogP contribution in [0.4, 0.5) is 0 Å². The molecule has 3 nitrogen and oxygen atoms in total. The lowest BCUT2D eigenvalue weighted by atomic mass is 9.81. The molecule has 0 aliphatic heterocycles. The Morgan fingerprint density at radius 3 is 2.17 bits per heavy atom. The fourth-order valence-electron chi connectivity index (χ4n) is 3.66. The molecule has 1 N–H and O–H groups in total. The maximum Gasteiger partial charge on any atom is 0.135 e. The van der Waals surface area contributed by atoms with Crippen LogP contribution in [0.1, 0.15) is 17.2 Å². The highest BCUT2D eigenvalue weighted by atomic mass is 16.5. The third kappa shape index (κ3) is 1.93. The first-order chi connectivity index (χ1) is 11.3. The van der Waals surface area contributed by atoms with Crippen molar-refractivity contribution >= 4 is 10.8 Å². The summed E-state index contributed by atoms with van der Waals surface area (Å²) in [7, 11) is 3.33. The second kappa shape index (κ2) is 5.28. The third-order valence-electron chi connectivity index (χ3n) is 4.60. The van der Waals surface area contributed by atoms with E-state index < -0.39 is 6.10 Å². The third-order valence-corrected chi connectivity index (χ3v) is 4.60. The van der Waals surface area contributed by atoms with Gasteiger partial charge in [-0.2, -0.15) is 0 Å². The van der Waals surface area contributed by atoms with Crippen molar-refractivity contribution in [3.63, 3.8) is 0 Å². The van der Waals surface area contributed by atoms with E-state index in [2.05, 4.69) is 12.1 Å². The van der Waals surface area contributed by atoms with E-state index in [0.717, 1.165) is 44.5 Å². The Kier molecular flexibility index (Phi) is 3.24. The SMILES string of the molecule is COc1c2c(c(OC)c3ccccc13)C(O)Cc1ccccc1-2. The Morgan fingerprint density at radius 1 is 0.870 bits per heavy atom. The van der Waals surface area contributed by atoms with Gasteiger partial charge in [0.1, 0.15) is 11.5 Å². The zero-order valence-corrected chi connectivity index (χ0v) is 13.2. The van der Waals surface area contributed by atoms with Gasteiger partial charge in [0.2, 0.25) is 0 Å². The van der Waals surface area contributed by atoms with Gasteiger partial charge in [-0.1, -0.05) is 48.5 Å². The molecule has 1 aliphatic rings. The smallest absolute Gasteiger partial charge is 0.135 e. The lowest BCUT2D eigenvalue weighted by Crippen LogP contribution is -2.13. The summed E-state index contributed by atoms with van der Waals surface area (Å²) in [6.07, 6.45) is -0.0190. The number of aliphatic hydroxyl groups excluding tert-OH is 1. The lowest BCUT2D eigenvalue weighted by Gasteiger charge is -2.29. The molecular weight excluding hydrogens is 288 g/mol. The van der Waals surface area contributed by atoms with Gasteiger partial charge in [0.05, 0.1) is 20.3 Å². The number of aliphatic hydroxyl groups is 1. The normalized spacial score (nSPS) is 15.9. The van der Waals surface area contributed by atoms with Gasteiger partial charge < -0.3 is 14.6 Å². The Morgan fingerprint density at radius 2 is 1.48 bits per heavy atom. The second-order valence-electron chi connectivity index (χ2n) is 5.78. The van der Waals surface area contributed by atoms with Crippen LogP contribution in [-0.4, -0.2) is 19.3 Å². The van der Waals surface area contributed by atoms with Crippen molar-refractivity contribution < 1.29 is 14.6 Å². The van der Waals surface area contributed by atoms with Crippen molar-refractivity contribution in [3.8, 4) is 22.6 Å². The maximum atomic E-state index is 10.8. The number of hydrogen-bond acceptors (Lipinski definition) is 3. The molecule has 1 atom stereocenters. The molecule has 4 rings (SSSR count). The van der Waals surface area contributed by atoms with E-state index in [1.807, 2.05) is 36.4 Å². The van der Waals surface area contributed by atoms with E-state index in [1.165, 1.54) is 0 Å². The Hall–Kier alpha value is -2.52. The summed E-state index contributed by atoms with van der Waals surface area (Å²) in [4.78, 5) is 0. The fraction of sp³-hybridized carbons (Fsp3) is 0.200. The average molecular weight is 306 g/mol. The molecule has 0 saturated heterocycles. The van der Waals surface area contributed by atoms with Gasteiger partial charge in [-0.25, -0.2) is 0 Å². The van der Waals surface area contributed by atoms with E-state index in [1.54, 1.807) is 14.2 Å². The first-order valence-electron chi connectivity index (χ1n) is 7.69. The standard InChI is InChI=1S/C20H18O3/c1-22-19-14-9-5-6-10-15(14)20(23-2)18-16(21)11-12-7-3-4-8-13(12)17(18)19/h3-10,16,21H,11H2,1-2H3. The van der Waals surface area contributed by atoms with Crippen LogP contribution in [0, 0.1) is 0 Å². The largest absolute Gasteiger partial charge is 0.496 e. The van der Waals surface area contributed by atoms with Crippen LogP contribution in [0.3, 0.4) is 0 Å². The number of methoxy groups -OCH3 is 2. The van der Waals surface area contributed by atoms with Crippen LogP contribution in [0.5, 0.6) is 11.5 Å². The van der Waals surface area contributed by atoms with Crippen molar-refractivity contribution in [2.24, 2.45) is 0 Å². The molecule has 1 unspecified atom stereocenters. The van der Waals surface area contributed by atoms with Crippen molar-refractivity contribution in [2.75, 3.05) is 14.2 Å². The number of fused-ring (bicyclic) bond motifs is 4. The van der Waals surface area contributed by atoms with Gasteiger partial charge in [-0.15, -0.1) is 0 Å². The van der Waals surface area contributed by atoms with Gasteiger partial charge in [-0.3, -0.25) is 0 Å². The molecule has 0 aromatic heterocycles. The highest BCUT2D eigenvalue weighted by Gasteiger charge is 2.31. The van der Waals surface area contributed by atoms with Crippen LogP contribution < -0.4 is 9.47 Å². The minimum absolute atomic E-state index is 0.584. The molecule has 0 spiro atoms. The Balaban J connectivity index is 2.22. The topological polar surface area (TPSA) is 38.7 Å². The van der Waals surface area contributed by atoms with Crippen molar-refractivity contribution in [3.05, 3.63) is 59.7 Å². The molecule has 0 fully saturated rings. The van der Waals surface area contributed by atoms with E-state index in [0.29, 0.717) is 6.42 Å². The van der Waals surface area contributed by atoms with Crippen molar-refractivity contribution in [2.45, 2.75) is 12.5 Å². The minimum atomic E-state index is -0.603. The molecule has 1 aliphatic carbocycles. The Bertz CT molecular complexity index is 899. The molecule has 0 saturated carbocycles. The predicted octanol–water partition coefficient (Wildman–Crippen LogP) is 4.11. The van der Waals surface area contributed by atoms with Crippen LogP contribution in [0.25, 0.3) is 21.9 Å². The Labute approximate surface area is 135 Å². The summed E-state index contributed by atoms with van der Waals surface area (Å²) in [5.41, 5.74) is 4.00. The minimum Gasteiger partial charge on any atom is -0.496 e. The highest BCUT2D eigenvalue weighted by molar-refractivity contribution is 6.02. The van der Waals surface area contributed by atoms with Crippen LogP contribution in [-0.2, 0) is 6.42 Å². The van der Waals surface area contributed by atoms with Gasteiger partial charge in [0.15, 0.2) is 0 Å². The zero-order valence-electron chi connectivity index (χ0n) is 13.2. The summed E-state index contributed by atoms with van der Waals surface area (Å²) in [5, 5.41) is 12.7. The molecule has 3 heteroatoms. The molecular formula is C20H18O3. The number of hydrogen-bond donors (Lipinski definition) is 1. The first-order valence-corrected chi connectivity index (χ1v) is 7.69. The van der Waals surface area contributed by atoms with Crippen LogP contribution in [0.15, 0.2) is 48.5 Å². The predicted molar refractivity (Wildman–Crippen MR) is 91.2 cm³/mol. The molecule has 116 valence electrons. The molecule has 0 heterocycles. The summed E-state index contributed by atoms with van der Waals surface area (Å²) in [6.45, 7) is 0. The highest BCUT2D eigenvalue weighted by Crippen LogP contribution is 2.52.